The van der Waals surface area contributed by atoms with Gasteiger partial charge in [0.05, 0.1) is 11.9 Å². The van der Waals surface area contributed by atoms with Crippen molar-refractivity contribution in [3.63, 3.8) is 0 Å². The average molecular weight is 396 g/mol. The van der Waals surface area contributed by atoms with Gasteiger partial charge in [0.1, 0.15) is 23.0 Å². The molecule has 2 N–H and O–H groups in total. The summed E-state index contributed by atoms with van der Waals surface area (Å²) in [6.07, 6.45) is 1.35. The first-order valence-electron chi connectivity index (χ1n) is 9.07. The number of aromatic amines is 1. The standard InChI is InChI=1S/C22H16N6O2/c1-28-20(16(12-23)13-24-28)25-21(29)18-17(14-8-4-2-5-9-14)19(26-27-22(18)30)15-10-6-3-7-11-15/h2-11,13H,1H3,(H,25,29)(H,27,30). The van der Waals surface area contributed by atoms with Gasteiger partial charge in [0, 0.05) is 18.2 Å². The number of aromatic nitrogens is 4. The molecule has 146 valence electrons. The van der Waals surface area contributed by atoms with Crippen LogP contribution >= 0.6 is 0 Å². The van der Waals surface area contributed by atoms with Crippen molar-refractivity contribution >= 4 is 11.7 Å². The molecule has 0 spiro atoms. The van der Waals surface area contributed by atoms with Crippen LogP contribution < -0.4 is 10.9 Å². The van der Waals surface area contributed by atoms with Gasteiger partial charge in [-0.15, -0.1) is 0 Å². The van der Waals surface area contributed by atoms with Crippen molar-refractivity contribution in [2.24, 2.45) is 7.05 Å². The number of hydrogen-bond acceptors (Lipinski definition) is 5. The first-order valence-corrected chi connectivity index (χ1v) is 9.07. The summed E-state index contributed by atoms with van der Waals surface area (Å²) in [5.74, 6) is -0.450. The van der Waals surface area contributed by atoms with Crippen molar-refractivity contribution in [2.45, 2.75) is 0 Å². The van der Waals surface area contributed by atoms with Crippen LogP contribution in [0.5, 0.6) is 0 Å². The van der Waals surface area contributed by atoms with Crippen LogP contribution in [0.2, 0.25) is 0 Å². The molecule has 0 saturated heterocycles. The maximum Gasteiger partial charge on any atom is 0.277 e. The van der Waals surface area contributed by atoms with E-state index in [4.69, 9.17) is 0 Å². The van der Waals surface area contributed by atoms with Crippen LogP contribution in [0.15, 0.2) is 71.7 Å². The summed E-state index contributed by atoms with van der Waals surface area (Å²) in [5, 5.41) is 22.5. The Morgan fingerprint density at radius 2 is 1.70 bits per heavy atom. The lowest BCUT2D eigenvalue weighted by Crippen LogP contribution is -2.27. The molecule has 8 nitrogen and oxygen atoms in total. The summed E-state index contributed by atoms with van der Waals surface area (Å²) in [6.45, 7) is 0. The molecular weight excluding hydrogens is 380 g/mol. The summed E-state index contributed by atoms with van der Waals surface area (Å²) in [5.41, 5.74) is 1.76. The van der Waals surface area contributed by atoms with Crippen molar-refractivity contribution in [3.05, 3.63) is 88.3 Å². The third kappa shape index (κ3) is 3.36. The lowest BCUT2D eigenvalue weighted by atomic mass is 9.95. The van der Waals surface area contributed by atoms with Gasteiger partial charge in [-0.05, 0) is 5.56 Å². The fourth-order valence-electron chi connectivity index (χ4n) is 3.20. The van der Waals surface area contributed by atoms with Crippen LogP contribution in [0.3, 0.4) is 0 Å². The third-order valence-corrected chi connectivity index (χ3v) is 4.61. The van der Waals surface area contributed by atoms with Crippen LogP contribution in [0.25, 0.3) is 22.4 Å². The Morgan fingerprint density at radius 1 is 1.07 bits per heavy atom. The molecule has 0 atom stereocenters. The number of hydrogen-bond donors (Lipinski definition) is 2. The lowest BCUT2D eigenvalue weighted by Gasteiger charge is -2.14. The quantitative estimate of drug-likeness (QED) is 0.550. The Morgan fingerprint density at radius 3 is 2.33 bits per heavy atom. The average Bonchev–Trinajstić information content (AvgIpc) is 3.13. The van der Waals surface area contributed by atoms with E-state index in [0.717, 1.165) is 5.56 Å². The Balaban J connectivity index is 1.93. The van der Waals surface area contributed by atoms with E-state index in [1.807, 2.05) is 66.7 Å². The second-order valence-corrected chi connectivity index (χ2v) is 6.48. The zero-order chi connectivity index (χ0) is 21.1. The van der Waals surface area contributed by atoms with Gasteiger partial charge in [0.25, 0.3) is 11.5 Å². The third-order valence-electron chi connectivity index (χ3n) is 4.61. The molecule has 4 rings (SSSR count). The molecule has 1 amide bonds. The van der Waals surface area contributed by atoms with E-state index in [1.54, 1.807) is 7.05 Å². The number of rotatable bonds is 4. The Bertz CT molecular complexity index is 1320. The summed E-state index contributed by atoms with van der Waals surface area (Å²) in [6, 6.07) is 20.4. The fourth-order valence-corrected chi connectivity index (χ4v) is 3.20. The highest BCUT2D eigenvalue weighted by Gasteiger charge is 2.24. The molecule has 2 aromatic heterocycles. The van der Waals surface area contributed by atoms with E-state index in [9.17, 15) is 14.9 Å². The zero-order valence-electron chi connectivity index (χ0n) is 16.0. The molecule has 0 saturated carbocycles. The number of benzene rings is 2. The number of carbonyl (C=O) groups excluding carboxylic acids is 1. The first-order chi connectivity index (χ1) is 14.6. The minimum atomic E-state index is -0.658. The maximum absolute atomic E-state index is 13.2. The number of nitriles is 1. The molecule has 0 bridgehead atoms. The summed E-state index contributed by atoms with van der Waals surface area (Å²) < 4.78 is 1.37. The van der Waals surface area contributed by atoms with Crippen molar-refractivity contribution in [1.82, 2.24) is 20.0 Å². The molecule has 4 aromatic rings. The van der Waals surface area contributed by atoms with Crippen molar-refractivity contribution in [3.8, 4) is 28.5 Å². The highest BCUT2D eigenvalue weighted by Crippen LogP contribution is 2.32. The van der Waals surface area contributed by atoms with Crippen LogP contribution in [0.1, 0.15) is 15.9 Å². The van der Waals surface area contributed by atoms with Gasteiger partial charge in [-0.3, -0.25) is 14.3 Å². The molecule has 0 fully saturated rings. The number of anilines is 1. The predicted molar refractivity (Wildman–Crippen MR) is 112 cm³/mol. The topological polar surface area (TPSA) is 116 Å². The lowest BCUT2D eigenvalue weighted by molar-refractivity contribution is 0.102. The largest absolute Gasteiger partial charge is 0.305 e. The number of H-pyrrole nitrogens is 1. The molecule has 2 heterocycles. The number of amides is 1. The molecule has 0 radical (unpaired) electrons. The number of aryl methyl sites for hydroxylation is 1. The van der Waals surface area contributed by atoms with Gasteiger partial charge in [-0.2, -0.15) is 15.5 Å². The van der Waals surface area contributed by atoms with Gasteiger partial charge in [-0.25, -0.2) is 5.10 Å². The van der Waals surface area contributed by atoms with Gasteiger partial charge in [-0.1, -0.05) is 60.7 Å². The normalized spacial score (nSPS) is 10.4. The molecule has 0 aliphatic heterocycles. The molecule has 2 aromatic carbocycles. The second-order valence-electron chi connectivity index (χ2n) is 6.48. The van der Waals surface area contributed by atoms with Gasteiger partial charge in [0.15, 0.2) is 0 Å². The zero-order valence-corrected chi connectivity index (χ0v) is 16.0. The molecule has 0 unspecified atom stereocenters. The maximum atomic E-state index is 13.2. The summed E-state index contributed by atoms with van der Waals surface area (Å²) in [4.78, 5) is 26.0. The Hall–Kier alpha value is -4.51. The van der Waals surface area contributed by atoms with E-state index < -0.39 is 11.5 Å². The number of nitrogens with zero attached hydrogens (tertiary/aromatic N) is 4. The minimum Gasteiger partial charge on any atom is -0.305 e. The van der Waals surface area contributed by atoms with E-state index in [0.29, 0.717) is 16.8 Å². The number of nitrogens with one attached hydrogen (secondary N) is 2. The summed E-state index contributed by atoms with van der Waals surface area (Å²) >= 11 is 0. The van der Waals surface area contributed by atoms with Gasteiger partial charge < -0.3 is 5.32 Å². The molecule has 0 aliphatic carbocycles. The van der Waals surface area contributed by atoms with E-state index in [1.165, 1.54) is 10.9 Å². The van der Waals surface area contributed by atoms with E-state index in [-0.39, 0.29) is 16.9 Å². The second kappa shape index (κ2) is 7.85. The van der Waals surface area contributed by atoms with Crippen LogP contribution in [0, 0.1) is 11.3 Å². The van der Waals surface area contributed by atoms with E-state index in [2.05, 4.69) is 20.6 Å². The number of carbonyl (C=O) groups is 1. The Labute approximate surface area is 171 Å². The Kier molecular flexibility index (Phi) is 4.93. The van der Waals surface area contributed by atoms with Crippen molar-refractivity contribution < 1.29 is 4.79 Å². The van der Waals surface area contributed by atoms with Gasteiger partial charge in [0.2, 0.25) is 0 Å². The monoisotopic (exact) mass is 396 g/mol. The van der Waals surface area contributed by atoms with Crippen LogP contribution in [-0.2, 0) is 7.05 Å². The molecule has 0 aliphatic rings. The first kappa shape index (κ1) is 18.8. The predicted octanol–water partition coefficient (Wildman–Crippen LogP) is 2.96. The van der Waals surface area contributed by atoms with Crippen molar-refractivity contribution in [1.29, 1.82) is 5.26 Å². The fraction of sp³-hybridized carbons (Fsp3) is 0.0455. The molecule has 30 heavy (non-hydrogen) atoms. The van der Waals surface area contributed by atoms with E-state index >= 15 is 0 Å². The smallest absolute Gasteiger partial charge is 0.277 e. The van der Waals surface area contributed by atoms with Crippen molar-refractivity contribution in [2.75, 3.05) is 5.32 Å². The highest BCUT2D eigenvalue weighted by molar-refractivity contribution is 6.10. The van der Waals surface area contributed by atoms with Crippen LogP contribution in [0.4, 0.5) is 5.82 Å². The SMILES string of the molecule is Cn1ncc(C#N)c1NC(=O)c1c(-c2ccccc2)c(-c2ccccc2)n[nH]c1=O. The van der Waals surface area contributed by atoms with Crippen LogP contribution in [-0.4, -0.2) is 25.9 Å². The highest BCUT2D eigenvalue weighted by atomic mass is 16.2. The molecular formula is C22H16N6O2. The van der Waals surface area contributed by atoms with Gasteiger partial charge >= 0.3 is 0 Å². The molecule has 8 heteroatoms. The minimum absolute atomic E-state index is 0.0971. The summed E-state index contributed by atoms with van der Waals surface area (Å²) in [7, 11) is 1.60.